The lowest BCUT2D eigenvalue weighted by Crippen LogP contribution is -2.52. The molecule has 1 saturated heterocycles. The predicted molar refractivity (Wildman–Crippen MR) is 101 cm³/mol. The molecule has 2 heterocycles. The fraction of sp³-hybridized carbons (Fsp3) is 0.474. The Labute approximate surface area is 154 Å². The smallest absolute Gasteiger partial charge is 0.194 e. The summed E-state index contributed by atoms with van der Waals surface area (Å²) in [4.78, 5) is 9.41. The number of para-hydroxylation sites is 1. The van der Waals surface area contributed by atoms with E-state index in [-0.39, 0.29) is 0 Å². The van der Waals surface area contributed by atoms with Crippen LogP contribution in [0.3, 0.4) is 0 Å². The van der Waals surface area contributed by atoms with Crippen LogP contribution in [-0.2, 0) is 6.54 Å². The third-order valence-corrected chi connectivity index (χ3v) is 4.25. The number of aromatic nitrogens is 1. The first-order chi connectivity index (χ1) is 12.8. The van der Waals surface area contributed by atoms with Gasteiger partial charge in [0.25, 0.3) is 0 Å². The van der Waals surface area contributed by atoms with E-state index in [2.05, 4.69) is 27.2 Å². The van der Waals surface area contributed by atoms with Crippen LogP contribution < -0.4 is 10.1 Å². The molecule has 7 nitrogen and oxygen atoms in total. The molecule has 7 heteroatoms. The minimum atomic E-state index is 0.574. The molecule has 0 amide bonds. The first-order valence-electron chi connectivity index (χ1n) is 9.18. The normalized spacial score (nSPS) is 15.9. The monoisotopic (exact) mass is 357 g/mol. The fourth-order valence-electron chi connectivity index (χ4n) is 2.92. The second kappa shape index (κ2) is 9.82. The summed E-state index contributed by atoms with van der Waals surface area (Å²) in [5, 5.41) is 7.37. The lowest BCUT2D eigenvalue weighted by atomic mass is 10.3. The second-order valence-electron chi connectivity index (χ2n) is 6.15. The largest absolute Gasteiger partial charge is 0.492 e. The maximum Gasteiger partial charge on any atom is 0.194 e. The third kappa shape index (κ3) is 5.49. The van der Waals surface area contributed by atoms with Crippen molar-refractivity contribution in [3.8, 4) is 5.75 Å². The highest BCUT2D eigenvalue weighted by Gasteiger charge is 2.20. The Morgan fingerprint density at radius 2 is 2.00 bits per heavy atom. The number of nitrogens with zero attached hydrogens (tertiary/aromatic N) is 4. The number of nitrogens with one attached hydrogen (secondary N) is 1. The molecule has 0 spiro atoms. The molecule has 0 aliphatic carbocycles. The van der Waals surface area contributed by atoms with Gasteiger partial charge in [0.15, 0.2) is 5.96 Å². The molecule has 3 rings (SSSR count). The second-order valence-corrected chi connectivity index (χ2v) is 6.15. The topological polar surface area (TPSA) is 66.1 Å². The quantitative estimate of drug-likeness (QED) is 0.463. The fourth-order valence-corrected chi connectivity index (χ4v) is 2.92. The van der Waals surface area contributed by atoms with Crippen molar-refractivity contribution in [3.63, 3.8) is 0 Å². The first kappa shape index (κ1) is 18.3. The molecule has 1 fully saturated rings. The van der Waals surface area contributed by atoms with Crippen LogP contribution in [0.1, 0.15) is 12.6 Å². The Morgan fingerprint density at radius 3 is 2.69 bits per heavy atom. The van der Waals surface area contributed by atoms with Gasteiger partial charge in [-0.15, -0.1) is 0 Å². The third-order valence-electron chi connectivity index (χ3n) is 4.25. The first-order valence-corrected chi connectivity index (χ1v) is 9.18. The van der Waals surface area contributed by atoms with E-state index in [1.807, 2.05) is 36.4 Å². The predicted octanol–water partition coefficient (Wildman–Crippen LogP) is 1.84. The summed E-state index contributed by atoms with van der Waals surface area (Å²) in [7, 11) is 0. The van der Waals surface area contributed by atoms with E-state index in [1.165, 1.54) is 0 Å². The van der Waals surface area contributed by atoms with Crippen molar-refractivity contribution in [2.45, 2.75) is 13.5 Å². The number of guanidine groups is 1. The zero-order chi connectivity index (χ0) is 18.0. The lowest BCUT2D eigenvalue weighted by Gasteiger charge is -2.36. The maximum absolute atomic E-state index is 5.72. The van der Waals surface area contributed by atoms with Gasteiger partial charge in [-0.1, -0.05) is 23.4 Å². The van der Waals surface area contributed by atoms with Crippen LogP contribution in [0.5, 0.6) is 5.75 Å². The highest BCUT2D eigenvalue weighted by molar-refractivity contribution is 5.80. The minimum absolute atomic E-state index is 0.574. The molecule has 1 aliphatic heterocycles. The molecule has 0 radical (unpaired) electrons. The molecule has 140 valence electrons. The van der Waals surface area contributed by atoms with Crippen LogP contribution in [0.2, 0.25) is 0 Å². The Balaban J connectivity index is 1.45. The van der Waals surface area contributed by atoms with Gasteiger partial charge in [0.1, 0.15) is 18.6 Å². The van der Waals surface area contributed by atoms with Gasteiger partial charge in [-0.2, -0.15) is 0 Å². The number of aliphatic imine (C=N–C) groups is 1. The number of hydrogen-bond acceptors (Lipinski definition) is 5. The van der Waals surface area contributed by atoms with Gasteiger partial charge in [-0.25, -0.2) is 4.99 Å². The van der Waals surface area contributed by atoms with E-state index < -0.39 is 0 Å². The molecule has 1 aromatic carbocycles. The summed E-state index contributed by atoms with van der Waals surface area (Å²) >= 11 is 0. The van der Waals surface area contributed by atoms with E-state index in [9.17, 15) is 0 Å². The van der Waals surface area contributed by atoms with Crippen molar-refractivity contribution in [2.24, 2.45) is 4.99 Å². The van der Waals surface area contributed by atoms with Crippen LogP contribution in [0.15, 0.2) is 52.2 Å². The van der Waals surface area contributed by atoms with E-state index in [1.54, 1.807) is 6.26 Å². The van der Waals surface area contributed by atoms with Crippen LogP contribution >= 0.6 is 0 Å². The Bertz CT molecular complexity index is 652. The number of ether oxygens (including phenoxy) is 1. The SMILES string of the molecule is CCNC(=NCCOc1ccccc1)N1CCN(Cc2ccon2)CC1. The maximum atomic E-state index is 5.72. The van der Waals surface area contributed by atoms with Gasteiger partial charge in [-0.3, -0.25) is 4.90 Å². The number of benzene rings is 1. The number of rotatable bonds is 7. The summed E-state index contributed by atoms with van der Waals surface area (Å²) in [5.41, 5.74) is 0.983. The van der Waals surface area contributed by atoms with Gasteiger partial charge >= 0.3 is 0 Å². The Morgan fingerprint density at radius 1 is 1.19 bits per heavy atom. The van der Waals surface area contributed by atoms with E-state index >= 15 is 0 Å². The molecule has 1 N–H and O–H groups in total. The van der Waals surface area contributed by atoms with E-state index in [0.717, 1.165) is 56.7 Å². The van der Waals surface area contributed by atoms with Gasteiger partial charge in [0, 0.05) is 45.3 Å². The molecule has 2 aromatic rings. The lowest BCUT2D eigenvalue weighted by molar-refractivity contribution is 0.169. The molecule has 0 atom stereocenters. The van der Waals surface area contributed by atoms with Gasteiger partial charge in [0.05, 0.1) is 12.2 Å². The standard InChI is InChI=1S/C19H27N5O2/c1-2-20-19(21-9-15-25-18-6-4-3-5-7-18)24-12-10-23(11-13-24)16-17-8-14-26-22-17/h3-8,14H,2,9-13,15-16H2,1H3,(H,20,21). The van der Waals surface area contributed by atoms with Crippen LogP contribution in [0, 0.1) is 0 Å². The molecule has 0 saturated carbocycles. The zero-order valence-corrected chi connectivity index (χ0v) is 15.3. The molecular weight excluding hydrogens is 330 g/mol. The average Bonchev–Trinajstić information content (AvgIpc) is 3.19. The number of piperazine rings is 1. The summed E-state index contributed by atoms with van der Waals surface area (Å²) in [6.07, 6.45) is 1.62. The Kier molecular flexibility index (Phi) is 6.89. The summed E-state index contributed by atoms with van der Waals surface area (Å²) in [5.74, 6) is 1.85. The van der Waals surface area contributed by atoms with Crippen molar-refractivity contribution >= 4 is 5.96 Å². The van der Waals surface area contributed by atoms with Crippen molar-refractivity contribution < 1.29 is 9.26 Å². The summed E-state index contributed by atoms with van der Waals surface area (Å²) < 4.78 is 10.6. The zero-order valence-electron chi connectivity index (χ0n) is 15.3. The highest BCUT2D eigenvalue weighted by Crippen LogP contribution is 2.09. The van der Waals surface area contributed by atoms with Crippen molar-refractivity contribution in [2.75, 3.05) is 45.9 Å². The van der Waals surface area contributed by atoms with Crippen LogP contribution in [0.4, 0.5) is 0 Å². The molecule has 0 unspecified atom stereocenters. The van der Waals surface area contributed by atoms with Crippen molar-refractivity contribution in [1.29, 1.82) is 0 Å². The van der Waals surface area contributed by atoms with E-state index in [0.29, 0.717) is 13.2 Å². The Hall–Kier alpha value is -2.54. The molecule has 26 heavy (non-hydrogen) atoms. The van der Waals surface area contributed by atoms with Crippen LogP contribution in [0.25, 0.3) is 0 Å². The van der Waals surface area contributed by atoms with Crippen molar-refractivity contribution in [3.05, 3.63) is 48.4 Å². The summed E-state index contributed by atoms with van der Waals surface area (Å²) in [6.45, 7) is 8.86. The molecule has 1 aliphatic rings. The number of hydrogen-bond donors (Lipinski definition) is 1. The van der Waals surface area contributed by atoms with Gasteiger partial charge in [-0.05, 0) is 19.1 Å². The van der Waals surface area contributed by atoms with Crippen molar-refractivity contribution in [1.82, 2.24) is 20.3 Å². The molecule has 0 bridgehead atoms. The summed E-state index contributed by atoms with van der Waals surface area (Å²) in [6, 6.07) is 11.8. The molecule has 1 aromatic heterocycles. The highest BCUT2D eigenvalue weighted by atomic mass is 16.5. The van der Waals surface area contributed by atoms with E-state index in [4.69, 9.17) is 14.3 Å². The minimum Gasteiger partial charge on any atom is -0.492 e. The van der Waals surface area contributed by atoms with Gasteiger partial charge < -0.3 is 19.5 Å². The van der Waals surface area contributed by atoms with Gasteiger partial charge in [0.2, 0.25) is 0 Å². The van der Waals surface area contributed by atoms with Crippen LogP contribution in [-0.4, -0.2) is 66.8 Å². The average molecular weight is 357 g/mol. The molecular formula is C19H27N5O2.